The maximum absolute atomic E-state index is 13.6. The van der Waals surface area contributed by atoms with Crippen LogP contribution >= 0.6 is 0 Å². The molecule has 98 valence electrons. The van der Waals surface area contributed by atoms with E-state index < -0.39 is 23.6 Å². The van der Waals surface area contributed by atoms with Gasteiger partial charge in [0, 0.05) is 0 Å². The van der Waals surface area contributed by atoms with Gasteiger partial charge in [-0.15, -0.1) is 0 Å². The minimum Gasteiger partial charge on any atom is -0.464 e. The normalized spacial score (nSPS) is 14.7. The third-order valence-electron chi connectivity index (χ3n) is 2.77. The number of amides is 2. The van der Waals surface area contributed by atoms with Crippen molar-refractivity contribution in [3.05, 3.63) is 46.9 Å². The monoisotopic (exact) mass is 263 g/mol. The Balaban J connectivity index is 2.55. The maximum Gasteiger partial charge on any atom is 0.354 e. The molecule has 0 saturated heterocycles. The molecule has 0 saturated carbocycles. The molecule has 1 heterocycles. The second-order valence-electron chi connectivity index (χ2n) is 3.77. The average molecular weight is 263 g/mol. The van der Waals surface area contributed by atoms with Crippen LogP contribution in [0.5, 0.6) is 0 Å². The fourth-order valence-corrected chi connectivity index (χ4v) is 1.91. The van der Waals surface area contributed by atoms with Gasteiger partial charge in [0.25, 0.3) is 11.8 Å². The van der Waals surface area contributed by atoms with Gasteiger partial charge in [0.2, 0.25) is 0 Å². The van der Waals surface area contributed by atoms with Crippen molar-refractivity contribution in [1.29, 1.82) is 0 Å². The fraction of sp³-hybridized carbons (Fsp3) is 0.154. The van der Waals surface area contributed by atoms with Crippen LogP contribution in [0.1, 0.15) is 27.6 Å². The molecule has 0 aliphatic carbocycles. The smallest absolute Gasteiger partial charge is 0.354 e. The highest BCUT2D eigenvalue weighted by molar-refractivity contribution is 6.24. The van der Waals surface area contributed by atoms with Crippen molar-refractivity contribution in [3.8, 4) is 0 Å². The minimum atomic E-state index is -0.864. The van der Waals surface area contributed by atoms with Crippen molar-refractivity contribution in [2.75, 3.05) is 7.11 Å². The number of carbonyl (C=O) groups excluding carboxylic acids is 3. The number of methoxy groups -OCH3 is 1. The summed E-state index contributed by atoms with van der Waals surface area (Å²) in [6, 6.07) is 3.75. The first-order chi connectivity index (χ1) is 9.02. The zero-order valence-corrected chi connectivity index (χ0v) is 10.3. The van der Waals surface area contributed by atoms with Crippen molar-refractivity contribution in [2.45, 2.75) is 6.92 Å². The number of imide groups is 1. The van der Waals surface area contributed by atoms with Crippen LogP contribution in [-0.4, -0.2) is 29.8 Å². The number of hydrogen-bond acceptors (Lipinski definition) is 4. The number of halogens is 1. The number of benzene rings is 1. The van der Waals surface area contributed by atoms with E-state index in [2.05, 4.69) is 4.74 Å². The summed E-state index contributed by atoms with van der Waals surface area (Å²) in [7, 11) is 1.13. The average Bonchev–Trinajstić information content (AvgIpc) is 2.65. The molecule has 1 aliphatic heterocycles. The number of esters is 1. The Hall–Kier alpha value is -2.50. The van der Waals surface area contributed by atoms with Crippen LogP contribution < -0.4 is 0 Å². The van der Waals surface area contributed by atoms with Gasteiger partial charge >= 0.3 is 5.97 Å². The van der Waals surface area contributed by atoms with Crippen LogP contribution in [0.4, 0.5) is 4.39 Å². The number of carbonyl (C=O) groups is 3. The number of ether oxygens (including phenoxy) is 1. The van der Waals surface area contributed by atoms with Crippen molar-refractivity contribution in [2.24, 2.45) is 0 Å². The molecule has 0 unspecified atom stereocenters. The molecule has 19 heavy (non-hydrogen) atoms. The van der Waals surface area contributed by atoms with Crippen LogP contribution in [-0.2, 0) is 9.53 Å². The molecule has 2 amide bonds. The zero-order chi connectivity index (χ0) is 14.2. The molecule has 1 aliphatic rings. The zero-order valence-electron chi connectivity index (χ0n) is 10.3. The van der Waals surface area contributed by atoms with E-state index in [1.807, 2.05) is 0 Å². The Kier molecular flexibility index (Phi) is 3.16. The molecular formula is C13H10FNO4. The summed E-state index contributed by atoms with van der Waals surface area (Å²) < 4.78 is 18.1. The van der Waals surface area contributed by atoms with E-state index in [4.69, 9.17) is 0 Å². The maximum atomic E-state index is 13.6. The summed E-state index contributed by atoms with van der Waals surface area (Å²) in [5, 5.41) is 0. The summed E-state index contributed by atoms with van der Waals surface area (Å²) >= 11 is 0. The summed E-state index contributed by atoms with van der Waals surface area (Å²) in [6.07, 6.45) is 1.27. The first-order valence-corrected chi connectivity index (χ1v) is 5.44. The van der Waals surface area contributed by atoms with E-state index in [9.17, 15) is 18.8 Å². The lowest BCUT2D eigenvalue weighted by Crippen LogP contribution is -2.33. The van der Waals surface area contributed by atoms with Crippen LogP contribution in [0.2, 0.25) is 0 Å². The summed E-state index contributed by atoms with van der Waals surface area (Å²) in [6.45, 7) is 1.48. The SMILES string of the molecule is C/C=C(/C(=O)OC)N1C(=O)c2cccc(F)c2C1=O. The summed E-state index contributed by atoms with van der Waals surface area (Å²) in [5.74, 6) is -3.23. The van der Waals surface area contributed by atoms with Crippen LogP contribution in [0.25, 0.3) is 0 Å². The third-order valence-corrected chi connectivity index (χ3v) is 2.77. The fourth-order valence-electron chi connectivity index (χ4n) is 1.91. The predicted molar refractivity (Wildman–Crippen MR) is 62.7 cm³/mol. The quantitative estimate of drug-likeness (QED) is 0.461. The molecule has 5 nitrogen and oxygen atoms in total. The van der Waals surface area contributed by atoms with Gasteiger partial charge in [0.05, 0.1) is 18.2 Å². The van der Waals surface area contributed by atoms with Crippen LogP contribution in [0, 0.1) is 5.82 Å². The molecular weight excluding hydrogens is 253 g/mol. The van der Waals surface area contributed by atoms with Gasteiger partial charge in [-0.2, -0.15) is 0 Å². The molecule has 0 aromatic heterocycles. The molecule has 0 atom stereocenters. The first-order valence-electron chi connectivity index (χ1n) is 5.44. The Labute approximate surface area is 108 Å². The Morgan fingerprint density at radius 3 is 2.53 bits per heavy atom. The molecule has 2 rings (SSSR count). The molecule has 0 fully saturated rings. The van der Waals surface area contributed by atoms with Crippen LogP contribution in [0.3, 0.4) is 0 Å². The van der Waals surface area contributed by atoms with E-state index in [1.54, 1.807) is 0 Å². The van der Waals surface area contributed by atoms with Gasteiger partial charge in [0.1, 0.15) is 11.5 Å². The summed E-state index contributed by atoms with van der Waals surface area (Å²) in [4.78, 5) is 36.3. The lowest BCUT2D eigenvalue weighted by Gasteiger charge is -2.15. The lowest BCUT2D eigenvalue weighted by atomic mass is 10.1. The highest BCUT2D eigenvalue weighted by Gasteiger charge is 2.41. The second kappa shape index (κ2) is 4.64. The second-order valence-corrected chi connectivity index (χ2v) is 3.77. The number of nitrogens with zero attached hydrogens (tertiary/aromatic N) is 1. The highest BCUT2D eigenvalue weighted by Crippen LogP contribution is 2.28. The number of rotatable bonds is 2. The Bertz CT molecular complexity index is 621. The molecule has 0 spiro atoms. The lowest BCUT2D eigenvalue weighted by molar-refractivity contribution is -0.137. The standard InChI is InChI=1S/C13H10FNO4/c1-3-9(13(18)19-2)15-11(16)7-5-4-6-8(14)10(7)12(15)17/h3-6H,1-2H3/b9-3-. The largest absolute Gasteiger partial charge is 0.464 e. The van der Waals surface area contributed by atoms with Gasteiger partial charge in [0.15, 0.2) is 0 Å². The molecule has 0 bridgehead atoms. The third kappa shape index (κ3) is 1.81. The highest BCUT2D eigenvalue weighted by atomic mass is 19.1. The van der Waals surface area contributed by atoms with E-state index in [0.717, 1.165) is 13.2 Å². The number of fused-ring (bicyclic) bond motifs is 1. The predicted octanol–water partition coefficient (Wildman–Crippen LogP) is 1.50. The van der Waals surface area contributed by atoms with Crippen molar-refractivity contribution < 1.29 is 23.5 Å². The number of allylic oxidation sites excluding steroid dienone is 1. The van der Waals surface area contributed by atoms with Crippen molar-refractivity contribution >= 4 is 17.8 Å². The van der Waals surface area contributed by atoms with Crippen molar-refractivity contribution in [1.82, 2.24) is 4.90 Å². The number of hydrogen-bond donors (Lipinski definition) is 0. The Morgan fingerprint density at radius 2 is 2.00 bits per heavy atom. The van der Waals surface area contributed by atoms with Gasteiger partial charge in [-0.05, 0) is 19.1 Å². The van der Waals surface area contributed by atoms with Gasteiger partial charge in [-0.3, -0.25) is 9.59 Å². The Morgan fingerprint density at radius 1 is 1.32 bits per heavy atom. The van der Waals surface area contributed by atoms with Gasteiger partial charge < -0.3 is 4.74 Å². The van der Waals surface area contributed by atoms with E-state index >= 15 is 0 Å². The van der Waals surface area contributed by atoms with Gasteiger partial charge in [-0.25, -0.2) is 14.1 Å². The molecule has 0 radical (unpaired) electrons. The van der Waals surface area contributed by atoms with E-state index in [1.165, 1.54) is 25.1 Å². The molecule has 6 heteroatoms. The van der Waals surface area contributed by atoms with Crippen molar-refractivity contribution in [3.63, 3.8) is 0 Å². The molecule has 0 N–H and O–H groups in total. The van der Waals surface area contributed by atoms with E-state index in [-0.39, 0.29) is 16.8 Å². The molecule has 1 aromatic carbocycles. The van der Waals surface area contributed by atoms with Crippen LogP contribution in [0.15, 0.2) is 30.0 Å². The molecule has 1 aromatic rings. The van der Waals surface area contributed by atoms with E-state index in [0.29, 0.717) is 4.90 Å². The first kappa shape index (κ1) is 12.9. The minimum absolute atomic E-state index is 0.0618. The summed E-state index contributed by atoms with van der Waals surface area (Å²) in [5.41, 5.74) is -0.614. The topological polar surface area (TPSA) is 63.7 Å². The van der Waals surface area contributed by atoms with Gasteiger partial charge in [-0.1, -0.05) is 12.1 Å².